The molecular weight excluding hydrogens is 675 g/mol. The number of hydrogen-bond acceptors (Lipinski definition) is 7. The smallest absolute Gasteiger partial charge is 0.462 e. The Kier molecular flexibility index (Phi) is 38.1. The first kappa shape index (κ1) is 50.5. The topological polar surface area (TPSA) is 108 Å². The second-order valence-corrected chi connectivity index (χ2v) is 15.9. The number of hydrogen-bond donors (Lipinski definition) is 1. The quantitative estimate of drug-likeness (QED) is 0.0285. The molecule has 52 heavy (non-hydrogen) atoms. The standard InChI is InChI=1S/C43H81O8P/c1-4-7-10-12-14-16-18-20-22-24-26-28-30-32-34-36-42(44)48-39-41(40-50-52(46,47)49-38-9-6-3)51-43(45)37-35-33-31-29-27-25-23-21-19-17-15-13-11-8-5-2/h20-23,41H,4-19,24-40H2,1-3H3,(H,46,47)/b22-20+,23-21+. The third kappa shape index (κ3) is 38.3. The average Bonchev–Trinajstić information content (AvgIpc) is 3.12. The number of ether oxygens (including phenoxy) is 2. The minimum Gasteiger partial charge on any atom is -0.462 e. The lowest BCUT2D eigenvalue weighted by atomic mass is 10.1. The van der Waals surface area contributed by atoms with Crippen LogP contribution in [0.25, 0.3) is 0 Å². The lowest BCUT2D eigenvalue weighted by Crippen LogP contribution is -2.29. The maximum absolute atomic E-state index is 12.6. The van der Waals surface area contributed by atoms with Gasteiger partial charge in [0.25, 0.3) is 0 Å². The molecule has 1 N–H and O–H groups in total. The summed E-state index contributed by atoms with van der Waals surface area (Å²) in [4.78, 5) is 35.0. The molecule has 306 valence electrons. The predicted octanol–water partition coefficient (Wildman–Crippen LogP) is 13.5. The van der Waals surface area contributed by atoms with Gasteiger partial charge in [-0.2, -0.15) is 0 Å². The Morgan fingerprint density at radius 1 is 0.500 bits per heavy atom. The number of unbranched alkanes of at least 4 members (excludes halogenated alkanes) is 23. The second-order valence-electron chi connectivity index (χ2n) is 14.4. The average molecular weight is 757 g/mol. The lowest BCUT2D eigenvalue weighted by Gasteiger charge is -2.20. The molecule has 0 heterocycles. The Morgan fingerprint density at radius 2 is 0.885 bits per heavy atom. The lowest BCUT2D eigenvalue weighted by molar-refractivity contribution is -0.161. The van der Waals surface area contributed by atoms with Crippen LogP contribution in [0.2, 0.25) is 0 Å². The first-order valence-electron chi connectivity index (χ1n) is 21.6. The molecule has 0 aliphatic carbocycles. The van der Waals surface area contributed by atoms with Crippen LogP contribution in [0.3, 0.4) is 0 Å². The summed E-state index contributed by atoms with van der Waals surface area (Å²) in [5.74, 6) is -0.804. The highest BCUT2D eigenvalue weighted by Gasteiger charge is 2.26. The van der Waals surface area contributed by atoms with Crippen molar-refractivity contribution in [3.63, 3.8) is 0 Å². The highest BCUT2D eigenvalue weighted by Crippen LogP contribution is 2.43. The van der Waals surface area contributed by atoms with Gasteiger partial charge in [-0.15, -0.1) is 0 Å². The molecule has 0 fully saturated rings. The molecule has 0 saturated heterocycles. The third-order valence-electron chi connectivity index (χ3n) is 9.19. The van der Waals surface area contributed by atoms with Gasteiger partial charge in [0.15, 0.2) is 6.10 Å². The highest BCUT2D eigenvalue weighted by molar-refractivity contribution is 7.47. The zero-order chi connectivity index (χ0) is 38.2. The first-order valence-corrected chi connectivity index (χ1v) is 23.1. The van der Waals surface area contributed by atoms with Gasteiger partial charge in [-0.3, -0.25) is 18.6 Å². The van der Waals surface area contributed by atoms with E-state index in [0.717, 1.165) is 70.6 Å². The highest BCUT2D eigenvalue weighted by atomic mass is 31.2. The van der Waals surface area contributed by atoms with E-state index in [1.807, 2.05) is 6.92 Å². The molecular formula is C43H81O8P. The fourth-order valence-corrected chi connectivity index (χ4v) is 6.63. The zero-order valence-electron chi connectivity index (χ0n) is 34.0. The van der Waals surface area contributed by atoms with E-state index in [1.54, 1.807) is 0 Å². The molecule has 2 atom stereocenters. The molecule has 0 amide bonds. The van der Waals surface area contributed by atoms with Crippen molar-refractivity contribution in [1.29, 1.82) is 0 Å². The molecule has 0 bridgehead atoms. The third-order valence-corrected chi connectivity index (χ3v) is 10.2. The van der Waals surface area contributed by atoms with E-state index in [2.05, 4.69) is 38.2 Å². The Hall–Kier alpha value is -1.47. The van der Waals surface area contributed by atoms with Gasteiger partial charge in [0.1, 0.15) is 6.61 Å². The molecule has 9 heteroatoms. The van der Waals surface area contributed by atoms with Crippen LogP contribution in [0.4, 0.5) is 0 Å². The van der Waals surface area contributed by atoms with Crippen molar-refractivity contribution in [3.05, 3.63) is 24.3 Å². The number of carbonyl (C=O) groups is 2. The van der Waals surface area contributed by atoms with Crippen LogP contribution in [-0.2, 0) is 32.7 Å². The number of esters is 2. The van der Waals surface area contributed by atoms with Gasteiger partial charge in [-0.05, 0) is 70.6 Å². The van der Waals surface area contributed by atoms with Crippen molar-refractivity contribution in [3.8, 4) is 0 Å². The van der Waals surface area contributed by atoms with Crippen molar-refractivity contribution in [1.82, 2.24) is 0 Å². The molecule has 0 aliphatic rings. The Morgan fingerprint density at radius 3 is 1.33 bits per heavy atom. The zero-order valence-corrected chi connectivity index (χ0v) is 34.9. The number of phosphoric acid groups is 1. The summed E-state index contributed by atoms with van der Waals surface area (Å²) in [6.45, 7) is 5.92. The second kappa shape index (κ2) is 39.2. The monoisotopic (exact) mass is 757 g/mol. The molecule has 0 aromatic rings. The van der Waals surface area contributed by atoms with Crippen LogP contribution in [0.15, 0.2) is 24.3 Å². The molecule has 0 aromatic heterocycles. The van der Waals surface area contributed by atoms with E-state index in [-0.39, 0.29) is 32.0 Å². The van der Waals surface area contributed by atoms with Crippen molar-refractivity contribution in [2.75, 3.05) is 19.8 Å². The van der Waals surface area contributed by atoms with E-state index in [9.17, 15) is 19.0 Å². The van der Waals surface area contributed by atoms with Gasteiger partial charge < -0.3 is 14.4 Å². The van der Waals surface area contributed by atoms with E-state index < -0.39 is 26.5 Å². The van der Waals surface area contributed by atoms with Crippen molar-refractivity contribution in [2.24, 2.45) is 0 Å². The van der Waals surface area contributed by atoms with Gasteiger partial charge in [-0.25, -0.2) is 4.57 Å². The van der Waals surface area contributed by atoms with Crippen LogP contribution in [0.5, 0.6) is 0 Å². The van der Waals surface area contributed by atoms with Gasteiger partial charge in [0.2, 0.25) is 0 Å². The number of carbonyl (C=O) groups excluding carboxylic acids is 2. The molecule has 8 nitrogen and oxygen atoms in total. The first-order chi connectivity index (χ1) is 25.3. The van der Waals surface area contributed by atoms with Crippen LogP contribution in [-0.4, -0.2) is 42.8 Å². The minimum atomic E-state index is -4.31. The SMILES string of the molecule is CCCCCCCC/C=C/CCCCCCCC(=O)OCC(COP(=O)(O)OCCCC)OC(=O)CCCCCCC/C=C/CCCCCCCC. The van der Waals surface area contributed by atoms with Crippen LogP contribution in [0, 0.1) is 0 Å². The van der Waals surface area contributed by atoms with Crippen molar-refractivity contribution < 1.29 is 37.6 Å². The molecule has 0 radical (unpaired) electrons. The summed E-state index contributed by atoms with van der Waals surface area (Å²) in [7, 11) is -4.31. The van der Waals surface area contributed by atoms with Gasteiger partial charge in [0.05, 0.1) is 13.2 Å². The van der Waals surface area contributed by atoms with E-state index in [0.29, 0.717) is 12.8 Å². The number of allylic oxidation sites excluding steroid dienone is 4. The summed E-state index contributed by atoms with van der Waals surface area (Å²) in [5.41, 5.74) is 0. The Bertz CT molecular complexity index is 906. The van der Waals surface area contributed by atoms with Gasteiger partial charge in [-0.1, -0.05) is 154 Å². The molecule has 0 aromatic carbocycles. The molecule has 0 aliphatic heterocycles. The van der Waals surface area contributed by atoms with E-state index in [1.165, 1.54) is 96.3 Å². The van der Waals surface area contributed by atoms with E-state index in [4.69, 9.17) is 18.5 Å². The Labute approximate surface area is 320 Å². The molecule has 0 rings (SSSR count). The molecule has 2 unspecified atom stereocenters. The number of phosphoric ester groups is 1. The summed E-state index contributed by atoms with van der Waals surface area (Å²) in [6, 6.07) is 0. The fraction of sp³-hybridized carbons (Fsp3) is 0.860. The predicted molar refractivity (Wildman–Crippen MR) is 216 cm³/mol. The van der Waals surface area contributed by atoms with Crippen molar-refractivity contribution >= 4 is 19.8 Å². The maximum Gasteiger partial charge on any atom is 0.472 e. The van der Waals surface area contributed by atoms with Crippen molar-refractivity contribution in [2.45, 2.75) is 219 Å². The molecule has 0 saturated carbocycles. The minimum absolute atomic E-state index is 0.0924. The normalized spacial score (nSPS) is 13.5. The molecule has 0 spiro atoms. The largest absolute Gasteiger partial charge is 0.472 e. The maximum atomic E-state index is 12.6. The summed E-state index contributed by atoms with van der Waals surface area (Å²) in [5, 5.41) is 0. The van der Waals surface area contributed by atoms with Gasteiger partial charge in [0, 0.05) is 12.8 Å². The summed E-state index contributed by atoms with van der Waals surface area (Å²) < 4.78 is 33.3. The van der Waals surface area contributed by atoms with Crippen LogP contribution >= 0.6 is 7.82 Å². The van der Waals surface area contributed by atoms with Crippen LogP contribution in [0.1, 0.15) is 213 Å². The van der Waals surface area contributed by atoms with E-state index >= 15 is 0 Å². The Balaban J connectivity index is 4.25. The fourth-order valence-electron chi connectivity index (χ4n) is 5.84. The number of rotatable bonds is 40. The van der Waals surface area contributed by atoms with Crippen LogP contribution < -0.4 is 0 Å². The summed E-state index contributed by atoms with van der Waals surface area (Å²) in [6.07, 6.45) is 40.8. The summed E-state index contributed by atoms with van der Waals surface area (Å²) >= 11 is 0. The van der Waals surface area contributed by atoms with Gasteiger partial charge >= 0.3 is 19.8 Å².